The summed E-state index contributed by atoms with van der Waals surface area (Å²) in [4.78, 5) is 37.8. The number of hydrogen-bond acceptors (Lipinski definition) is 6. The van der Waals surface area contributed by atoms with E-state index < -0.39 is 11.7 Å². The predicted molar refractivity (Wildman–Crippen MR) is 190 cm³/mol. The number of rotatable bonds is 8. The van der Waals surface area contributed by atoms with Crippen LogP contribution in [0.3, 0.4) is 0 Å². The zero-order valence-electron chi connectivity index (χ0n) is 27.4. The van der Waals surface area contributed by atoms with E-state index >= 15 is 0 Å². The molecule has 262 valence electrons. The van der Waals surface area contributed by atoms with Gasteiger partial charge in [0.2, 0.25) is 0 Å². The van der Waals surface area contributed by atoms with Gasteiger partial charge in [0.25, 0.3) is 17.7 Å². The summed E-state index contributed by atoms with van der Waals surface area (Å²) in [5.41, 5.74) is 7.77. The topological polar surface area (TPSA) is 132 Å². The first-order valence-electron chi connectivity index (χ1n) is 16.9. The lowest BCUT2D eigenvalue weighted by Crippen LogP contribution is -2.31. The van der Waals surface area contributed by atoms with Crippen molar-refractivity contribution < 1.29 is 28.2 Å². The Balaban J connectivity index is 0.000000221. The molecule has 12 heteroatoms. The minimum atomic E-state index is -0.582. The van der Waals surface area contributed by atoms with E-state index in [2.05, 4.69) is 16.0 Å². The number of fused-ring (bicyclic) bond motifs is 1. The third kappa shape index (κ3) is 10.3. The van der Waals surface area contributed by atoms with Crippen LogP contribution < -0.4 is 26.4 Å². The van der Waals surface area contributed by atoms with Gasteiger partial charge in [-0.25, -0.2) is 4.39 Å². The van der Waals surface area contributed by atoms with Crippen molar-refractivity contribution in [2.45, 2.75) is 70.8 Å². The lowest BCUT2D eigenvalue weighted by atomic mass is 9.89. The van der Waals surface area contributed by atoms with Crippen LogP contribution in [0.25, 0.3) is 0 Å². The van der Waals surface area contributed by atoms with E-state index in [9.17, 15) is 18.8 Å². The van der Waals surface area contributed by atoms with Gasteiger partial charge in [0.05, 0.1) is 29.0 Å². The van der Waals surface area contributed by atoms with Crippen molar-refractivity contribution in [3.05, 3.63) is 86.6 Å². The zero-order chi connectivity index (χ0) is 34.8. The maximum absolute atomic E-state index is 14.0. The molecule has 2 fully saturated rings. The first kappa shape index (κ1) is 36.4. The highest BCUT2D eigenvalue weighted by Gasteiger charge is 2.24. The Morgan fingerprint density at radius 2 is 1.31 bits per heavy atom. The molecule has 3 amide bonds. The largest absolute Gasteiger partial charge is 0.466 e. The highest BCUT2D eigenvalue weighted by atomic mass is 35.5. The van der Waals surface area contributed by atoms with Crippen LogP contribution in [0, 0.1) is 17.7 Å². The molecule has 0 aromatic heterocycles. The second-order valence-electron chi connectivity index (χ2n) is 12.9. The highest BCUT2D eigenvalue weighted by Crippen LogP contribution is 2.31. The van der Waals surface area contributed by atoms with Gasteiger partial charge in [0.1, 0.15) is 11.6 Å². The molecule has 3 aromatic carbocycles. The number of nitrogens with one attached hydrogen (secondary N) is 3. The highest BCUT2D eigenvalue weighted by molar-refractivity contribution is 6.31. The summed E-state index contributed by atoms with van der Waals surface area (Å²) in [5.74, 6) is -0.227. The quantitative estimate of drug-likeness (QED) is 0.174. The molecule has 2 saturated carbocycles. The molecule has 0 radical (unpaired) electrons. The van der Waals surface area contributed by atoms with Gasteiger partial charge in [-0.1, -0.05) is 61.7 Å². The lowest BCUT2D eigenvalue weighted by molar-refractivity contribution is -0.0170. The number of anilines is 2. The molecular formula is C37H43Cl2FN4O5. The van der Waals surface area contributed by atoms with Crippen LogP contribution in [0.1, 0.15) is 101 Å². The van der Waals surface area contributed by atoms with Gasteiger partial charge in [-0.2, -0.15) is 0 Å². The van der Waals surface area contributed by atoms with Crippen molar-refractivity contribution in [3.8, 4) is 5.75 Å². The molecule has 0 atom stereocenters. The number of carbonyl (C=O) groups is 3. The first-order valence-corrected chi connectivity index (χ1v) is 17.7. The van der Waals surface area contributed by atoms with Crippen molar-refractivity contribution in [1.82, 2.24) is 10.6 Å². The van der Waals surface area contributed by atoms with Gasteiger partial charge in [-0.05, 0) is 86.1 Å². The zero-order valence-corrected chi connectivity index (χ0v) is 28.9. The van der Waals surface area contributed by atoms with Crippen LogP contribution in [-0.2, 0) is 11.3 Å². The molecule has 0 bridgehead atoms. The Morgan fingerprint density at radius 1 is 0.735 bits per heavy atom. The average molecular weight is 714 g/mol. The van der Waals surface area contributed by atoms with E-state index in [-0.39, 0.29) is 42.1 Å². The maximum Gasteiger partial charge on any atom is 0.259 e. The summed E-state index contributed by atoms with van der Waals surface area (Å²) >= 11 is 12.0. The number of hydrogen-bond donors (Lipinski definition) is 4. The minimum absolute atomic E-state index is 0.0192. The average Bonchev–Trinajstić information content (AvgIpc) is 3.12. The number of ether oxygens (including phenoxy) is 2. The van der Waals surface area contributed by atoms with Crippen molar-refractivity contribution >= 4 is 52.3 Å². The van der Waals surface area contributed by atoms with Crippen LogP contribution in [0.15, 0.2) is 48.5 Å². The molecule has 3 aliphatic rings. The molecule has 1 heterocycles. The van der Waals surface area contributed by atoms with Gasteiger partial charge in [-0.3, -0.25) is 14.4 Å². The molecular weight excluding hydrogens is 670 g/mol. The summed E-state index contributed by atoms with van der Waals surface area (Å²) in [7, 11) is 0. The smallest absolute Gasteiger partial charge is 0.259 e. The maximum atomic E-state index is 14.0. The van der Waals surface area contributed by atoms with E-state index in [4.69, 9.17) is 38.4 Å². The molecule has 49 heavy (non-hydrogen) atoms. The van der Waals surface area contributed by atoms with Crippen LogP contribution in [0.5, 0.6) is 5.75 Å². The van der Waals surface area contributed by atoms with Crippen LogP contribution in [0.2, 0.25) is 10.0 Å². The van der Waals surface area contributed by atoms with E-state index in [0.717, 1.165) is 25.5 Å². The van der Waals surface area contributed by atoms with Gasteiger partial charge >= 0.3 is 0 Å². The van der Waals surface area contributed by atoms with E-state index in [1.807, 2.05) is 0 Å². The van der Waals surface area contributed by atoms with E-state index in [0.29, 0.717) is 50.9 Å². The summed E-state index contributed by atoms with van der Waals surface area (Å²) in [6, 6.07) is 12.0. The third-order valence-electron chi connectivity index (χ3n) is 9.21. The Hall–Kier alpha value is -3.86. The van der Waals surface area contributed by atoms with Crippen molar-refractivity contribution in [3.63, 3.8) is 0 Å². The summed E-state index contributed by atoms with van der Waals surface area (Å²) < 4.78 is 24.6. The second kappa shape index (κ2) is 17.7. The molecule has 0 spiro atoms. The third-order valence-corrected chi connectivity index (χ3v) is 9.68. The summed E-state index contributed by atoms with van der Waals surface area (Å²) in [5, 5.41) is 9.54. The lowest BCUT2D eigenvalue weighted by Gasteiger charge is -2.22. The van der Waals surface area contributed by atoms with E-state index in [1.54, 1.807) is 30.3 Å². The van der Waals surface area contributed by atoms with Gasteiger partial charge in [0.15, 0.2) is 6.79 Å². The SMILES string of the molecule is Nc1ccc(Cl)cc1C(=O)NCC1CCCCC1.O=C(NCC1CCCCC1)c1cc(Cl)ccc1NC(=O)c1cc(F)cc2c1OCOC2. The fourth-order valence-corrected chi connectivity index (χ4v) is 6.87. The normalized spacial score (nSPS) is 16.3. The molecule has 2 aliphatic carbocycles. The molecule has 0 unspecified atom stereocenters. The van der Waals surface area contributed by atoms with Crippen LogP contribution >= 0.6 is 23.2 Å². The molecule has 1 aliphatic heterocycles. The van der Waals surface area contributed by atoms with Gasteiger partial charge < -0.3 is 31.2 Å². The van der Waals surface area contributed by atoms with Crippen molar-refractivity contribution in [2.24, 2.45) is 11.8 Å². The van der Waals surface area contributed by atoms with Crippen molar-refractivity contribution in [2.75, 3.05) is 30.9 Å². The van der Waals surface area contributed by atoms with Crippen LogP contribution in [0.4, 0.5) is 15.8 Å². The number of nitrogens with two attached hydrogens (primary N) is 1. The summed E-state index contributed by atoms with van der Waals surface area (Å²) in [6.07, 6.45) is 12.1. The molecule has 0 saturated heterocycles. The number of benzene rings is 3. The number of halogens is 3. The number of amides is 3. The van der Waals surface area contributed by atoms with Gasteiger partial charge in [0, 0.05) is 34.4 Å². The fraction of sp³-hybridized carbons (Fsp3) is 0.432. The van der Waals surface area contributed by atoms with Crippen LogP contribution in [-0.4, -0.2) is 37.6 Å². The number of nitrogen functional groups attached to an aromatic ring is 1. The Labute approximate surface area is 296 Å². The molecule has 6 rings (SSSR count). The standard InChI is InChI=1S/C23H24ClFN2O4.C14H19ClN2O/c24-16-6-7-20(18(9-16)22(28)26-11-14-4-2-1-3-5-14)27-23(29)19-10-17(25)8-15-12-30-13-31-21(15)19;15-11-6-7-13(16)12(8-11)14(18)17-9-10-4-2-1-3-5-10/h6-10,14H,1-5,11-13H2,(H,26,28)(H,27,29);6-8,10H,1-5,9,16H2,(H,17,18). The Kier molecular flexibility index (Phi) is 13.2. The predicted octanol–water partition coefficient (Wildman–Crippen LogP) is 8.14. The number of carbonyl (C=O) groups excluding carboxylic acids is 3. The summed E-state index contributed by atoms with van der Waals surface area (Å²) in [6.45, 7) is 1.46. The molecule has 9 nitrogen and oxygen atoms in total. The monoisotopic (exact) mass is 712 g/mol. The fourth-order valence-electron chi connectivity index (χ4n) is 6.52. The Morgan fingerprint density at radius 3 is 1.94 bits per heavy atom. The van der Waals surface area contributed by atoms with Gasteiger partial charge in [-0.15, -0.1) is 0 Å². The second-order valence-corrected chi connectivity index (χ2v) is 13.7. The molecule has 5 N–H and O–H groups in total. The first-order chi connectivity index (χ1) is 23.7. The van der Waals surface area contributed by atoms with E-state index in [1.165, 1.54) is 63.5 Å². The Bertz CT molecular complexity index is 1640. The molecule has 3 aromatic rings. The van der Waals surface area contributed by atoms with Crippen molar-refractivity contribution in [1.29, 1.82) is 0 Å². The minimum Gasteiger partial charge on any atom is -0.466 e.